The molecule has 0 saturated heterocycles. The van der Waals surface area contributed by atoms with E-state index in [1.54, 1.807) is 0 Å². The van der Waals surface area contributed by atoms with Gasteiger partial charge in [-0.05, 0) is 24.6 Å². The monoisotopic (exact) mass is 310 g/mol. The molecule has 1 fully saturated rings. The van der Waals surface area contributed by atoms with Crippen molar-refractivity contribution in [3.05, 3.63) is 72.6 Å². The van der Waals surface area contributed by atoms with Crippen molar-refractivity contribution >= 4 is 17.8 Å². The number of hydrogen-bond donors (Lipinski definition) is 0. The van der Waals surface area contributed by atoms with Crippen molar-refractivity contribution in [3.8, 4) is 0 Å². The minimum absolute atomic E-state index is 0.592. The van der Waals surface area contributed by atoms with E-state index in [0.717, 1.165) is 10.6 Å². The quantitative estimate of drug-likeness (QED) is 0.718. The Bertz CT molecular complexity index is 611. The molecule has 0 spiro atoms. The highest BCUT2D eigenvalue weighted by molar-refractivity contribution is 7.81. The van der Waals surface area contributed by atoms with Gasteiger partial charge >= 0.3 is 0 Å². The zero-order valence-corrected chi connectivity index (χ0v) is 13.8. The second kappa shape index (κ2) is 7.11. The normalized spacial score (nSPS) is 16.9. The zero-order valence-electron chi connectivity index (χ0n) is 12.9. The standard InChI is InChI=1S/C20H23OP/c21-22(19-12-6-2-7-13-19,20-14-8-3-9-15-20)17-16-18-10-4-1-5-11-18/h2-3,6-9,12-18H,1,4-5,10-11H2/b17-16-. The van der Waals surface area contributed by atoms with Gasteiger partial charge in [0.05, 0.1) is 0 Å². The molecule has 0 N–H and O–H groups in total. The molecular formula is C20H23OP. The van der Waals surface area contributed by atoms with Crippen molar-refractivity contribution < 1.29 is 4.57 Å². The van der Waals surface area contributed by atoms with Crippen LogP contribution in [0.1, 0.15) is 32.1 Å². The minimum atomic E-state index is -2.67. The van der Waals surface area contributed by atoms with Crippen LogP contribution >= 0.6 is 7.14 Å². The molecule has 0 amide bonds. The van der Waals surface area contributed by atoms with Gasteiger partial charge in [0.2, 0.25) is 0 Å². The predicted molar refractivity (Wildman–Crippen MR) is 95.5 cm³/mol. The first-order valence-corrected chi connectivity index (χ1v) is 9.97. The van der Waals surface area contributed by atoms with Gasteiger partial charge in [0.25, 0.3) is 0 Å². The van der Waals surface area contributed by atoms with Crippen LogP contribution in [0.25, 0.3) is 0 Å². The summed E-state index contributed by atoms with van der Waals surface area (Å²) in [7, 11) is -2.67. The van der Waals surface area contributed by atoms with Crippen LogP contribution in [0.15, 0.2) is 72.6 Å². The average molecular weight is 310 g/mol. The Morgan fingerprint density at radius 1 is 0.773 bits per heavy atom. The van der Waals surface area contributed by atoms with Crippen LogP contribution in [0.2, 0.25) is 0 Å². The molecule has 0 heterocycles. The van der Waals surface area contributed by atoms with Crippen molar-refractivity contribution in [3.63, 3.8) is 0 Å². The van der Waals surface area contributed by atoms with Crippen molar-refractivity contribution in [1.82, 2.24) is 0 Å². The molecule has 2 heteroatoms. The number of rotatable bonds is 4. The number of benzene rings is 2. The predicted octanol–water partition coefficient (Wildman–Crippen LogP) is 5.09. The third-order valence-corrected chi connectivity index (χ3v) is 7.22. The molecule has 1 aliphatic carbocycles. The molecule has 1 saturated carbocycles. The summed E-state index contributed by atoms with van der Waals surface area (Å²) in [6.07, 6.45) is 8.64. The maximum atomic E-state index is 13.8. The second-order valence-electron chi connectivity index (χ2n) is 6.07. The van der Waals surface area contributed by atoms with E-state index in [0.29, 0.717) is 5.92 Å². The summed E-state index contributed by atoms with van der Waals surface area (Å²) < 4.78 is 13.8. The highest BCUT2D eigenvalue weighted by atomic mass is 31.2. The zero-order chi connectivity index (χ0) is 15.3. The molecule has 114 valence electrons. The maximum absolute atomic E-state index is 13.8. The van der Waals surface area contributed by atoms with E-state index in [2.05, 4.69) is 6.08 Å². The van der Waals surface area contributed by atoms with E-state index < -0.39 is 7.14 Å². The van der Waals surface area contributed by atoms with Gasteiger partial charge < -0.3 is 4.57 Å². The number of hydrogen-bond acceptors (Lipinski definition) is 1. The van der Waals surface area contributed by atoms with Gasteiger partial charge in [0.15, 0.2) is 7.14 Å². The number of allylic oxidation sites excluding steroid dienone is 1. The molecule has 1 aliphatic rings. The summed E-state index contributed by atoms with van der Waals surface area (Å²) in [6.45, 7) is 0. The largest absolute Gasteiger partial charge is 0.309 e. The van der Waals surface area contributed by atoms with Crippen LogP contribution in [-0.2, 0) is 4.57 Å². The van der Waals surface area contributed by atoms with Crippen LogP contribution in [0.5, 0.6) is 0 Å². The molecule has 22 heavy (non-hydrogen) atoms. The summed E-state index contributed by atoms with van der Waals surface area (Å²) in [6, 6.07) is 19.8. The fourth-order valence-corrected chi connectivity index (χ4v) is 5.55. The third kappa shape index (κ3) is 3.42. The van der Waals surface area contributed by atoms with E-state index in [4.69, 9.17) is 0 Å². The van der Waals surface area contributed by atoms with Gasteiger partial charge in [0, 0.05) is 10.6 Å². The molecule has 1 nitrogen and oxygen atoms in total. The molecule has 0 atom stereocenters. The first kappa shape index (κ1) is 15.3. The molecule has 0 bridgehead atoms. The Kier molecular flexibility index (Phi) is 4.95. The first-order chi connectivity index (χ1) is 10.8. The topological polar surface area (TPSA) is 17.1 Å². The Morgan fingerprint density at radius 2 is 1.27 bits per heavy atom. The Balaban J connectivity index is 1.96. The van der Waals surface area contributed by atoms with E-state index in [-0.39, 0.29) is 0 Å². The lowest BCUT2D eigenvalue weighted by atomic mass is 9.90. The lowest BCUT2D eigenvalue weighted by Crippen LogP contribution is -2.14. The van der Waals surface area contributed by atoms with Crippen LogP contribution < -0.4 is 10.6 Å². The maximum Gasteiger partial charge on any atom is 0.163 e. The highest BCUT2D eigenvalue weighted by Gasteiger charge is 2.24. The summed E-state index contributed by atoms with van der Waals surface area (Å²) in [5.74, 6) is 2.60. The van der Waals surface area contributed by atoms with Crippen molar-refractivity contribution in [2.45, 2.75) is 32.1 Å². The highest BCUT2D eigenvalue weighted by Crippen LogP contribution is 2.45. The van der Waals surface area contributed by atoms with E-state index in [1.165, 1.54) is 32.1 Å². The summed E-state index contributed by atoms with van der Waals surface area (Å²) in [5, 5.41) is 1.85. The van der Waals surface area contributed by atoms with Crippen molar-refractivity contribution in [2.75, 3.05) is 0 Å². The Morgan fingerprint density at radius 3 is 1.77 bits per heavy atom. The molecule has 3 rings (SSSR count). The van der Waals surface area contributed by atoms with Gasteiger partial charge in [0.1, 0.15) is 0 Å². The van der Waals surface area contributed by atoms with Gasteiger partial charge in [-0.25, -0.2) is 0 Å². The average Bonchev–Trinajstić information content (AvgIpc) is 2.62. The third-order valence-electron chi connectivity index (χ3n) is 4.50. The molecule has 0 unspecified atom stereocenters. The van der Waals surface area contributed by atoms with Gasteiger partial charge in [-0.15, -0.1) is 0 Å². The fraction of sp³-hybridized carbons (Fsp3) is 0.300. The van der Waals surface area contributed by atoms with Crippen LogP contribution in [0, 0.1) is 5.92 Å². The molecule has 2 aromatic rings. The van der Waals surface area contributed by atoms with Crippen LogP contribution in [0.4, 0.5) is 0 Å². The molecule has 0 aromatic heterocycles. The van der Waals surface area contributed by atoms with Gasteiger partial charge in [-0.1, -0.05) is 86.0 Å². The van der Waals surface area contributed by atoms with Crippen LogP contribution in [0.3, 0.4) is 0 Å². The van der Waals surface area contributed by atoms with E-state index >= 15 is 0 Å². The molecule has 2 aromatic carbocycles. The van der Waals surface area contributed by atoms with Gasteiger partial charge in [-0.2, -0.15) is 0 Å². The van der Waals surface area contributed by atoms with E-state index in [9.17, 15) is 4.57 Å². The lowest BCUT2D eigenvalue weighted by Gasteiger charge is -2.20. The summed E-state index contributed by atoms with van der Waals surface area (Å²) in [5.41, 5.74) is 0. The second-order valence-corrected chi connectivity index (χ2v) is 8.72. The first-order valence-electron chi connectivity index (χ1n) is 8.19. The SMILES string of the molecule is O=P(/C=C\C1CCCCC1)(c1ccccc1)c1ccccc1. The van der Waals surface area contributed by atoms with Crippen LogP contribution in [-0.4, -0.2) is 0 Å². The minimum Gasteiger partial charge on any atom is -0.309 e. The fourth-order valence-electron chi connectivity index (χ4n) is 3.19. The van der Waals surface area contributed by atoms with Gasteiger partial charge in [-0.3, -0.25) is 0 Å². The molecular weight excluding hydrogens is 287 g/mol. The van der Waals surface area contributed by atoms with E-state index in [1.807, 2.05) is 66.5 Å². The summed E-state index contributed by atoms with van der Waals surface area (Å²) >= 11 is 0. The Hall–Kier alpha value is -1.59. The summed E-state index contributed by atoms with van der Waals surface area (Å²) in [4.78, 5) is 0. The Labute approximate surface area is 133 Å². The smallest absolute Gasteiger partial charge is 0.163 e. The molecule has 0 radical (unpaired) electrons. The lowest BCUT2D eigenvalue weighted by molar-refractivity contribution is 0.419. The molecule has 0 aliphatic heterocycles. The van der Waals surface area contributed by atoms with Crippen molar-refractivity contribution in [2.24, 2.45) is 5.92 Å². The van der Waals surface area contributed by atoms with Crippen molar-refractivity contribution in [1.29, 1.82) is 0 Å².